The van der Waals surface area contributed by atoms with E-state index in [4.69, 9.17) is 9.15 Å². The van der Waals surface area contributed by atoms with Crippen LogP contribution in [0.1, 0.15) is 37.8 Å². The number of hydrogen-bond donors (Lipinski definition) is 0. The number of fused-ring (bicyclic) bond motifs is 1. The highest BCUT2D eigenvalue weighted by Gasteiger charge is 2.21. The van der Waals surface area contributed by atoms with Gasteiger partial charge in [0.15, 0.2) is 0 Å². The molecule has 0 unspecified atom stereocenters. The maximum Gasteiger partial charge on any atom is 0.246 e. The van der Waals surface area contributed by atoms with Gasteiger partial charge in [0.05, 0.1) is 12.9 Å². The molecule has 1 fully saturated rings. The second-order valence-corrected chi connectivity index (χ2v) is 8.62. The molecule has 0 bridgehead atoms. The molecule has 1 aromatic heterocycles. The number of amides is 1. The molecule has 2 aromatic carbocycles. The largest absolute Gasteiger partial charge is 0.493 e. The van der Waals surface area contributed by atoms with Crippen LogP contribution in [0.2, 0.25) is 0 Å². The van der Waals surface area contributed by atoms with E-state index < -0.39 is 0 Å². The third-order valence-electron chi connectivity index (χ3n) is 5.65. The van der Waals surface area contributed by atoms with E-state index in [-0.39, 0.29) is 5.91 Å². The molecule has 5 heteroatoms. The maximum atomic E-state index is 12.7. The molecule has 0 aliphatic carbocycles. The number of benzene rings is 2. The Balaban J connectivity index is 1.85. The van der Waals surface area contributed by atoms with Crippen LogP contribution in [-0.4, -0.2) is 30.5 Å². The number of likely N-dealkylation sites (tertiary alicyclic amines) is 1. The standard InChI is InChI=1S/C25H26BrNO3/c1-4-29-24-17(3)25-21(22(15-30-25)18-8-7-9-19(26)13-18)14-20(24)16(2)12-23(28)27-10-5-6-11-27/h7-9,12-15H,4-6,10-11H2,1-3H3/b16-12+. The van der Waals surface area contributed by atoms with Gasteiger partial charge in [-0.05, 0) is 62.9 Å². The summed E-state index contributed by atoms with van der Waals surface area (Å²) in [4.78, 5) is 14.6. The van der Waals surface area contributed by atoms with Gasteiger partial charge in [0.1, 0.15) is 11.3 Å². The zero-order chi connectivity index (χ0) is 21.3. The van der Waals surface area contributed by atoms with Gasteiger partial charge in [-0.15, -0.1) is 0 Å². The lowest BCUT2D eigenvalue weighted by atomic mass is 9.96. The average Bonchev–Trinajstić information content (AvgIpc) is 3.40. The molecular formula is C25H26BrNO3. The molecule has 1 saturated heterocycles. The Kier molecular flexibility index (Phi) is 6.00. The Morgan fingerprint density at radius 1 is 1.27 bits per heavy atom. The van der Waals surface area contributed by atoms with Crippen LogP contribution in [0.4, 0.5) is 0 Å². The van der Waals surface area contributed by atoms with Crippen molar-refractivity contribution in [2.45, 2.75) is 33.6 Å². The van der Waals surface area contributed by atoms with Crippen molar-refractivity contribution in [3.63, 3.8) is 0 Å². The van der Waals surface area contributed by atoms with Crippen molar-refractivity contribution in [3.05, 3.63) is 58.3 Å². The Labute approximate surface area is 185 Å². The van der Waals surface area contributed by atoms with Crippen LogP contribution in [0, 0.1) is 6.92 Å². The van der Waals surface area contributed by atoms with Crippen molar-refractivity contribution in [1.82, 2.24) is 4.90 Å². The van der Waals surface area contributed by atoms with Gasteiger partial charge in [0, 0.05) is 45.7 Å². The molecule has 0 saturated carbocycles. The molecule has 30 heavy (non-hydrogen) atoms. The fraction of sp³-hybridized carbons (Fsp3) is 0.320. The smallest absolute Gasteiger partial charge is 0.246 e. The van der Waals surface area contributed by atoms with Crippen LogP contribution in [0.3, 0.4) is 0 Å². The first-order valence-corrected chi connectivity index (χ1v) is 11.2. The molecule has 1 amide bonds. The zero-order valence-corrected chi connectivity index (χ0v) is 19.2. The number of aryl methyl sites for hydroxylation is 1. The number of ether oxygens (including phenoxy) is 1. The van der Waals surface area contributed by atoms with Gasteiger partial charge in [0.2, 0.25) is 5.91 Å². The van der Waals surface area contributed by atoms with Crippen molar-refractivity contribution in [2.75, 3.05) is 19.7 Å². The minimum absolute atomic E-state index is 0.0737. The molecule has 3 aromatic rings. The number of halogens is 1. The number of carbonyl (C=O) groups excluding carboxylic acids is 1. The molecule has 1 aliphatic heterocycles. The number of nitrogens with zero attached hydrogens (tertiary/aromatic N) is 1. The van der Waals surface area contributed by atoms with E-state index in [1.54, 1.807) is 12.3 Å². The first kappa shape index (κ1) is 20.7. The Bertz CT molecular complexity index is 1120. The van der Waals surface area contributed by atoms with Gasteiger partial charge in [-0.2, -0.15) is 0 Å². The van der Waals surface area contributed by atoms with Gasteiger partial charge >= 0.3 is 0 Å². The minimum atomic E-state index is 0.0737. The van der Waals surface area contributed by atoms with E-state index in [1.807, 2.05) is 37.8 Å². The predicted molar refractivity (Wildman–Crippen MR) is 125 cm³/mol. The molecular weight excluding hydrogens is 442 g/mol. The Hall–Kier alpha value is -2.53. The summed E-state index contributed by atoms with van der Waals surface area (Å²) >= 11 is 3.55. The van der Waals surface area contributed by atoms with Crippen LogP contribution in [0.15, 0.2) is 51.6 Å². The van der Waals surface area contributed by atoms with Gasteiger partial charge < -0.3 is 14.1 Å². The van der Waals surface area contributed by atoms with Gasteiger partial charge in [-0.25, -0.2) is 0 Å². The van der Waals surface area contributed by atoms with Crippen molar-refractivity contribution in [1.29, 1.82) is 0 Å². The molecule has 2 heterocycles. The average molecular weight is 468 g/mol. The van der Waals surface area contributed by atoms with Gasteiger partial charge in [0.25, 0.3) is 0 Å². The van der Waals surface area contributed by atoms with Gasteiger partial charge in [-0.1, -0.05) is 28.1 Å². The maximum absolute atomic E-state index is 12.7. The van der Waals surface area contributed by atoms with E-state index in [1.165, 1.54) is 0 Å². The molecule has 4 rings (SSSR count). The third-order valence-corrected chi connectivity index (χ3v) is 6.14. The van der Waals surface area contributed by atoms with E-state index >= 15 is 0 Å². The van der Waals surface area contributed by atoms with E-state index in [0.717, 1.165) is 74.9 Å². The molecule has 0 N–H and O–H groups in total. The van der Waals surface area contributed by atoms with Crippen molar-refractivity contribution in [3.8, 4) is 16.9 Å². The molecule has 0 spiro atoms. The lowest BCUT2D eigenvalue weighted by molar-refractivity contribution is -0.124. The summed E-state index contributed by atoms with van der Waals surface area (Å²) in [5.74, 6) is 0.854. The monoisotopic (exact) mass is 467 g/mol. The molecule has 4 nitrogen and oxygen atoms in total. The molecule has 156 valence electrons. The second-order valence-electron chi connectivity index (χ2n) is 7.71. The van der Waals surface area contributed by atoms with Crippen LogP contribution in [0.5, 0.6) is 5.75 Å². The minimum Gasteiger partial charge on any atom is -0.493 e. The summed E-state index contributed by atoms with van der Waals surface area (Å²) in [6, 6.07) is 10.3. The highest BCUT2D eigenvalue weighted by atomic mass is 79.9. The first-order chi connectivity index (χ1) is 14.5. The summed E-state index contributed by atoms with van der Waals surface area (Å²) in [6.07, 6.45) is 5.71. The first-order valence-electron chi connectivity index (χ1n) is 10.4. The van der Waals surface area contributed by atoms with Gasteiger partial charge in [-0.3, -0.25) is 4.79 Å². The second kappa shape index (κ2) is 8.68. The van der Waals surface area contributed by atoms with E-state index in [9.17, 15) is 4.79 Å². The normalized spacial score (nSPS) is 14.5. The highest BCUT2D eigenvalue weighted by molar-refractivity contribution is 9.10. The van der Waals surface area contributed by atoms with Crippen LogP contribution >= 0.6 is 15.9 Å². The summed E-state index contributed by atoms with van der Waals surface area (Å²) < 4.78 is 13.0. The number of furan rings is 1. The van der Waals surface area contributed by atoms with Crippen LogP contribution < -0.4 is 4.74 Å². The number of carbonyl (C=O) groups is 1. The lowest BCUT2D eigenvalue weighted by Gasteiger charge is -2.16. The third kappa shape index (κ3) is 3.91. The predicted octanol–water partition coefficient (Wildman–Crippen LogP) is 6.60. The van der Waals surface area contributed by atoms with Crippen molar-refractivity contribution >= 4 is 38.4 Å². The Morgan fingerprint density at radius 3 is 2.73 bits per heavy atom. The Morgan fingerprint density at radius 2 is 2.03 bits per heavy atom. The topological polar surface area (TPSA) is 42.7 Å². The summed E-state index contributed by atoms with van der Waals surface area (Å²) in [7, 11) is 0. The molecule has 0 radical (unpaired) electrons. The number of hydrogen-bond acceptors (Lipinski definition) is 3. The fourth-order valence-corrected chi connectivity index (χ4v) is 4.51. The van der Waals surface area contributed by atoms with Crippen molar-refractivity contribution in [2.24, 2.45) is 0 Å². The van der Waals surface area contributed by atoms with E-state index in [2.05, 4.69) is 34.1 Å². The van der Waals surface area contributed by atoms with Crippen molar-refractivity contribution < 1.29 is 13.9 Å². The summed E-state index contributed by atoms with van der Waals surface area (Å²) in [5.41, 5.74) is 5.71. The summed E-state index contributed by atoms with van der Waals surface area (Å²) in [6.45, 7) is 8.20. The van der Waals surface area contributed by atoms with Crippen LogP contribution in [0.25, 0.3) is 27.7 Å². The van der Waals surface area contributed by atoms with E-state index in [0.29, 0.717) is 6.61 Å². The molecule has 1 aliphatic rings. The fourth-order valence-electron chi connectivity index (χ4n) is 4.11. The molecule has 0 atom stereocenters. The lowest BCUT2D eigenvalue weighted by Crippen LogP contribution is -2.25. The van der Waals surface area contributed by atoms with Crippen LogP contribution in [-0.2, 0) is 4.79 Å². The summed E-state index contributed by atoms with van der Waals surface area (Å²) in [5, 5.41) is 1.02. The highest BCUT2D eigenvalue weighted by Crippen LogP contribution is 2.41. The quantitative estimate of drug-likeness (QED) is 0.397. The number of allylic oxidation sites excluding steroid dienone is 1. The number of rotatable bonds is 5. The SMILES string of the molecule is CCOc1c(/C(C)=C/C(=O)N2CCCC2)cc2c(-c3cccc(Br)c3)coc2c1C. The zero-order valence-electron chi connectivity index (χ0n) is 17.6.